The Labute approximate surface area is 61.6 Å². The molecule has 0 spiro atoms. The first-order valence-electron chi connectivity index (χ1n) is 2.68. The van der Waals surface area contributed by atoms with Crippen molar-refractivity contribution < 1.29 is 0 Å². The molecule has 2 heterocycles. The highest BCUT2D eigenvalue weighted by Gasteiger charge is 1.96. The van der Waals surface area contributed by atoms with Gasteiger partial charge >= 0.3 is 0 Å². The van der Waals surface area contributed by atoms with E-state index in [1.54, 1.807) is 12.4 Å². The third kappa shape index (κ3) is 0.733. The molecule has 0 bridgehead atoms. The largest absolute Gasteiger partial charge is 0.242 e. The van der Waals surface area contributed by atoms with Crippen LogP contribution in [-0.4, -0.2) is 19.3 Å². The summed E-state index contributed by atoms with van der Waals surface area (Å²) in [4.78, 5) is 7.70. The van der Waals surface area contributed by atoms with Crippen LogP contribution in [0, 0.1) is 0 Å². The quantitative estimate of drug-likeness (QED) is 0.565. The molecular weight excluding hydrogens is 152 g/mol. The monoisotopic (exact) mass is 154 g/mol. The summed E-state index contributed by atoms with van der Waals surface area (Å²) in [7, 11) is 0. The molecule has 2 aromatic rings. The van der Waals surface area contributed by atoms with Gasteiger partial charge in [0, 0.05) is 11.8 Å². The van der Waals surface area contributed by atoms with Crippen molar-refractivity contribution >= 4 is 22.8 Å². The zero-order valence-corrected chi connectivity index (χ0v) is 5.65. The first-order chi connectivity index (χ1) is 4.86. The molecule has 0 aliphatic heterocycles. The zero-order chi connectivity index (χ0) is 6.97. The summed E-state index contributed by atoms with van der Waals surface area (Å²) in [5.74, 6) is 0. The lowest BCUT2D eigenvalue weighted by Gasteiger charge is -1.79. The smallest absolute Gasteiger partial charge is 0.131 e. The normalized spacial score (nSPS) is 10.5. The third-order valence-corrected chi connectivity index (χ3v) is 1.33. The molecule has 4 nitrogen and oxygen atoms in total. The summed E-state index contributed by atoms with van der Waals surface area (Å²) in [6.45, 7) is 0. The summed E-state index contributed by atoms with van der Waals surface area (Å²) in [6, 6.07) is 0. The first-order valence-corrected chi connectivity index (χ1v) is 3.01. The summed E-state index contributed by atoms with van der Waals surface area (Å²) >= 11 is 5.52. The average molecular weight is 155 g/mol. The van der Waals surface area contributed by atoms with E-state index in [2.05, 4.69) is 15.1 Å². The molecule has 0 unspecified atom stereocenters. The third-order valence-electron chi connectivity index (χ3n) is 1.15. The van der Waals surface area contributed by atoms with E-state index < -0.39 is 0 Å². The summed E-state index contributed by atoms with van der Waals surface area (Å²) in [5, 5.41) is 3.87. The van der Waals surface area contributed by atoms with Gasteiger partial charge in [0.2, 0.25) is 0 Å². The second-order valence-corrected chi connectivity index (χ2v) is 2.16. The van der Waals surface area contributed by atoms with E-state index in [0.29, 0.717) is 5.52 Å². The van der Waals surface area contributed by atoms with Gasteiger partial charge in [-0.1, -0.05) is 0 Å². The van der Waals surface area contributed by atoms with E-state index in [-0.39, 0.29) is 0 Å². The van der Waals surface area contributed by atoms with Crippen LogP contribution in [0.2, 0.25) is 0 Å². The molecule has 10 heavy (non-hydrogen) atoms. The number of aromatic nitrogens is 4. The maximum atomic E-state index is 5.52. The van der Waals surface area contributed by atoms with Crippen LogP contribution >= 0.6 is 11.8 Å². The van der Waals surface area contributed by atoms with Crippen LogP contribution in [-0.2, 0) is 0 Å². The van der Waals surface area contributed by atoms with E-state index in [4.69, 9.17) is 11.8 Å². The molecule has 5 heteroatoms. The zero-order valence-electron chi connectivity index (χ0n) is 4.90. The highest BCUT2D eigenvalue weighted by molar-refractivity contribution is 6.15. The molecular formula is C5H3ClN4. The number of nitrogens with zero attached hydrogens (tertiary/aromatic N) is 4. The van der Waals surface area contributed by atoms with E-state index in [1.165, 1.54) is 10.5 Å². The van der Waals surface area contributed by atoms with Gasteiger partial charge in [-0.25, -0.2) is 9.97 Å². The Balaban J connectivity index is 2.88. The van der Waals surface area contributed by atoms with Crippen molar-refractivity contribution in [2.24, 2.45) is 0 Å². The summed E-state index contributed by atoms with van der Waals surface area (Å²) in [6.07, 6.45) is 4.70. The first kappa shape index (κ1) is 5.61. The topological polar surface area (TPSA) is 43.6 Å². The molecule has 0 radical (unpaired) electrons. The average Bonchev–Trinajstić information content (AvgIpc) is 2.27. The van der Waals surface area contributed by atoms with Gasteiger partial charge in [0.05, 0.1) is 12.4 Å². The SMILES string of the molecule is Cln1cc2ncncc2n1. The Morgan fingerprint density at radius 3 is 3.10 bits per heavy atom. The second kappa shape index (κ2) is 1.91. The number of hydrogen-bond acceptors (Lipinski definition) is 3. The van der Waals surface area contributed by atoms with Crippen molar-refractivity contribution in [1.82, 2.24) is 19.3 Å². The number of fused-ring (bicyclic) bond motifs is 1. The fourth-order valence-corrected chi connectivity index (χ4v) is 0.915. The van der Waals surface area contributed by atoms with Crippen LogP contribution in [0.5, 0.6) is 0 Å². The van der Waals surface area contributed by atoms with Crippen molar-refractivity contribution in [3.05, 3.63) is 18.7 Å². The number of halogens is 1. The lowest BCUT2D eigenvalue weighted by molar-refractivity contribution is 1.01. The van der Waals surface area contributed by atoms with E-state index in [0.717, 1.165) is 5.52 Å². The summed E-state index contributed by atoms with van der Waals surface area (Å²) in [5.41, 5.74) is 1.46. The number of hydrogen-bond donors (Lipinski definition) is 0. The predicted molar refractivity (Wildman–Crippen MR) is 36.6 cm³/mol. The van der Waals surface area contributed by atoms with E-state index >= 15 is 0 Å². The van der Waals surface area contributed by atoms with Crippen molar-refractivity contribution in [1.29, 1.82) is 0 Å². The molecule has 0 amide bonds. The van der Waals surface area contributed by atoms with Gasteiger partial charge < -0.3 is 0 Å². The van der Waals surface area contributed by atoms with Gasteiger partial charge in [0.15, 0.2) is 0 Å². The maximum Gasteiger partial charge on any atom is 0.131 e. The Kier molecular flexibility index (Phi) is 1.07. The van der Waals surface area contributed by atoms with Gasteiger partial charge in [0.1, 0.15) is 17.4 Å². The minimum absolute atomic E-state index is 0.706. The molecule has 0 fully saturated rings. The molecule has 0 saturated heterocycles. The standard InChI is InChI=1S/C5H3ClN4/c6-10-2-5-4(9-10)1-7-3-8-5/h1-3H. The predicted octanol–water partition coefficient (Wildman–Crippen LogP) is 0.828. The van der Waals surface area contributed by atoms with Crippen LogP contribution in [0.25, 0.3) is 11.0 Å². The fourth-order valence-electron chi connectivity index (χ4n) is 0.741. The Hall–Kier alpha value is -1.16. The van der Waals surface area contributed by atoms with Crippen LogP contribution < -0.4 is 0 Å². The van der Waals surface area contributed by atoms with Gasteiger partial charge in [-0.3, -0.25) is 0 Å². The van der Waals surface area contributed by atoms with Gasteiger partial charge in [0.25, 0.3) is 0 Å². The summed E-state index contributed by atoms with van der Waals surface area (Å²) < 4.78 is 1.19. The minimum atomic E-state index is 0.706. The lowest BCUT2D eigenvalue weighted by atomic mass is 10.5. The molecule has 50 valence electrons. The fraction of sp³-hybridized carbons (Fsp3) is 0. The molecule has 0 saturated carbocycles. The minimum Gasteiger partial charge on any atom is -0.242 e. The molecule has 2 rings (SSSR count). The van der Waals surface area contributed by atoms with Gasteiger partial charge in [-0.05, 0) is 0 Å². The van der Waals surface area contributed by atoms with E-state index in [1.807, 2.05) is 0 Å². The Morgan fingerprint density at radius 2 is 2.30 bits per heavy atom. The van der Waals surface area contributed by atoms with E-state index in [9.17, 15) is 0 Å². The van der Waals surface area contributed by atoms with Crippen molar-refractivity contribution in [3.8, 4) is 0 Å². The molecule has 0 aliphatic rings. The second-order valence-electron chi connectivity index (χ2n) is 1.81. The van der Waals surface area contributed by atoms with Gasteiger partial charge in [-0.15, -0.1) is 0 Å². The molecule has 0 N–H and O–H groups in total. The number of rotatable bonds is 0. The van der Waals surface area contributed by atoms with Crippen molar-refractivity contribution in [2.45, 2.75) is 0 Å². The van der Waals surface area contributed by atoms with Gasteiger partial charge in [-0.2, -0.15) is 9.30 Å². The van der Waals surface area contributed by atoms with Crippen LogP contribution in [0.15, 0.2) is 18.7 Å². The molecule has 0 atom stereocenters. The molecule has 0 aliphatic carbocycles. The highest BCUT2D eigenvalue weighted by atomic mass is 35.5. The Bertz CT molecular complexity index is 322. The molecule has 0 aromatic carbocycles. The lowest BCUT2D eigenvalue weighted by Crippen LogP contribution is -1.77. The van der Waals surface area contributed by atoms with Crippen LogP contribution in [0.1, 0.15) is 0 Å². The maximum absolute atomic E-state index is 5.52. The van der Waals surface area contributed by atoms with Crippen molar-refractivity contribution in [3.63, 3.8) is 0 Å². The van der Waals surface area contributed by atoms with Crippen LogP contribution in [0.3, 0.4) is 0 Å². The molecule has 2 aromatic heterocycles. The highest BCUT2D eigenvalue weighted by Crippen LogP contribution is 2.05. The Morgan fingerprint density at radius 1 is 1.40 bits per heavy atom. The van der Waals surface area contributed by atoms with Crippen LogP contribution in [0.4, 0.5) is 0 Å². The van der Waals surface area contributed by atoms with Crippen molar-refractivity contribution in [2.75, 3.05) is 0 Å².